The van der Waals surface area contributed by atoms with Crippen LogP contribution in [-0.2, 0) is 0 Å². The highest BCUT2D eigenvalue weighted by molar-refractivity contribution is 8.24. The summed E-state index contributed by atoms with van der Waals surface area (Å²) < 4.78 is 5.31. The minimum Gasteiger partial charge on any atom is -0.497 e. The number of thioether (sulfide) groups is 1. The summed E-state index contributed by atoms with van der Waals surface area (Å²) in [5, 5.41) is 8.92. The van der Waals surface area contributed by atoms with Crippen molar-refractivity contribution in [3.63, 3.8) is 0 Å². The van der Waals surface area contributed by atoms with Crippen LogP contribution in [0.2, 0.25) is 0 Å². The zero-order valence-corrected chi connectivity index (χ0v) is 11.1. The molecule has 2 nitrogen and oxygen atoms in total. The molecule has 16 heavy (non-hydrogen) atoms. The van der Waals surface area contributed by atoms with E-state index in [1.165, 1.54) is 11.8 Å². The van der Waals surface area contributed by atoms with Gasteiger partial charge in [-0.15, -0.1) is 0 Å². The van der Waals surface area contributed by atoms with Gasteiger partial charge in [-0.3, -0.25) is 0 Å². The molecule has 0 amide bonds. The lowest BCUT2D eigenvalue weighted by atomic mass is 10.2. The molecular weight excluding hydrogens is 238 g/mol. The molecule has 0 saturated heterocycles. The number of nitriles is 1. The van der Waals surface area contributed by atoms with E-state index in [0.29, 0.717) is 0 Å². The van der Waals surface area contributed by atoms with Gasteiger partial charge in [-0.1, -0.05) is 24.0 Å². The van der Waals surface area contributed by atoms with Gasteiger partial charge in [0.25, 0.3) is 0 Å². The molecule has 0 N–H and O–H groups in total. The topological polar surface area (TPSA) is 33.0 Å². The smallest absolute Gasteiger partial charge is 0.118 e. The maximum absolute atomic E-state index is 8.92. The molecule has 0 unspecified atom stereocenters. The highest BCUT2D eigenvalue weighted by atomic mass is 32.2. The maximum atomic E-state index is 8.92. The van der Waals surface area contributed by atoms with E-state index in [2.05, 4.69) is 6.07 Å². The number of nitrogens with zero attached hydrogens (tertiary/aromatic N) is 1. The van der Waals surface area contributed by atoms with E-state index >= 15 is 0 Å². The summed E-state index contributed by atoms with van der Waals surface area (Å²) in [7, 11) is 1.63. The van der Waals surface area contributed by atoms with E-state index < -0.39 is 4.75 Å². The summed E-state index contributed by atoms with van der Waals surface area (Å²) in [5.74, 6) is 0.802. The average molecular weight is 251 g/mol. The van der Waals surface area contributed by atoms with Crippen LogP contribution in [0.5, 0.6) is 5.75 Å². The van der Waals surface area contributed by atoms with Gasteiger partial charge in [0.1, 0.15) is 10.5 Å². The highest BCUT2D eigenvalue weighted by Gasteiger charge is 2.20. The van der Waals surface area contributed by atoms with Crippen LogP contribution in [0, 0.1) is 11.3 Å². The van der Waals surface area contributed by atoms with E-state index in [4.69, 9.17) is 22.2 Å². The second-order valence-electron chi connectivity index (χ2n) is 3.74. The molecule has 0 aromatic heterocycles. The first-order valence-corrected chi connectivity index (χ1v) is 5.99. The third-order valence-electron chi connectivity index (χ3n) is 1.94. The van der Waals surface area contributed by atoms with Gasteiger partial charge in [0, 0.05) is 0 Å². The Balaban J connectivity index is 2.78. The fraction of sp³-hybridized carbons (Fsp3) is 0.333. The van der Waals surface area contributed by atoms with Crippen LogP contribution in [0.4, 0.5) is 0 Å². The molecule has 0 radical (unpaired) electrons. The Bertz CT molecular complexity index is 418. The molecule has 84 valence electrons. The minimum atomic E-state index is -0.489. The molecule has 0 saturated carbocycles. The van der Waals surface area contributed by atoms with E-state index in [9.17, 15) is 0 Å². The SMILES string of the molecule is COc1ccc(C(=S)SC(C)(C)C#N)cc1. The van der Waals surface area contributed by atoms with Gasteiger partial charge in [-0.25, -0.2) is 0 Å². The molecule has 0 atom stereocenters. The predicted octanol–water partition coefficient (Wildman–Crippen LogP) is 3.41. The number of hydrogen-bond acceptors (Lipinski definition) is 4. The zero-order chi connectivity index (χ0) is 12.2. The standard InChI is InChI=1S/C12H13NOS2/c1-12(2,8-13)16-11(15)9-4-6-10(14-3)7-5-9/h4-7H,1-3H3. The lowest BCUT2D eigenvalue weighted by molar-refractivity contribution is 0.415. The summed E-state index contributed by atoms with van der Waals surface area (Å²) >= 11 is 6.68. The van der Waals surface area contributed by atoms with Gasteiger partial charge >= 0.3 is 0 Å². The molecule has 0 spiro atoms. The van der Waals surface area contributed by atoms with Crippen molar-refractivity contribution in [2.24, 2.45) is 0 Å². The normalized spacial score (nSPS) is 10.6. The van der Waals surface area contributed by atoms with Gasteiger partial charge in [0.2, 0.25) is 0 Å². The Morgan fingerprint density at radius 3 is 2.38 bits per heavy atom. The first-order valence-electron chi connectivity index (χ1n) is 4.77. The number of hydrogen-bond donors (Lipinski definition) is 0. The van der Waals surface area contributed by atoms with Gasteiger partial charge in [-0.2, -0.15) is 5.26 Å². The van der Waals surface area contributed by atoms with E-state index in [1.807, 2.05) is 38.1 Å². The second kappa shape index (κ2) is 5.33. The van der Waals surface area contributed by atoms with Crippen LogP contribution in [0.1, 0.15) is 19.4 Å². The van der Waals surface area contributed by atoms with Crippen molar-refractivity contribution < 1.29 is 4.74 Å². The van der Waals surface area contributed by atoms with E-state index in [-0.39, 0.29) is 0 Å². The van der Waals surface area contributed by atoms with Crippen molar-refractivity contribution >= 4 is 28.2 Å². The van der Waals surface area contributed by atoms with Gasteiger partial charge in [0.15, 0.2) is 0 Å². The number of ether oxygens (including phenoxy) is 1. The molecule has 1 aromatic rings. The Hall–Kier alpha value is -1.05. The van der Waals surface area contributed by atoms with Crippen LogP contribution in [0.25, 0.3) is 0 Å². The quantitative estimate of drug-likeness (QED) is 0.771. The lowest BCUT2D eigenvalue weighted by Gasteiger charge is -2.15. The summed E-state index contributed by atoms with van der Waals surface area (Å²) in [6.45, 7) is 3.71. The number of benzene rings is 1. The van der Waals surface area contributed by atoms with Crippen molar-refractivity contribution in [3.05, 3.63) is 29.8 Å². The largest absolute Gasteiger partial charge is 0.497 e. The van der Waals surface area contributed by atoms with Crippen molar-refractivity contribution in [1.82, 2.24) is 0 Å². The number of thiocarbonyl (C=S) groups is 1. The Morgan fingerprint density at radius 2 is 1.94 bits per heavy atom. The molecule has 0 aliphatic heterocycles. The molecular formula is C12H13NOS2. The number of rotatable bonds is 3. The fourth-order valence-corrected chi connectivity index (χ4v) is 2.56. The lowest BCUT2D eigenvalue weighted by Crippen LogP contribution is -2.13. The highest BCUT2D eigenvalue weighted by Crippen LogP contribution is 2.28. The van der Waals surface area contributed by atoms with Crippen molar-refractivity contribution in [2.45, 2.75) is 18.6 Å². The molecule has 0 heterocycles. The number of methoxy groups -OCH3 is 1. The Morgan fingerprint density at radius 1 is 1.38 bits per heavy atom. The second-order valence-corrected chi connectivity index (χ2v) is 6.04. The predicted molar refractivity (Wildman–Crippen MR) is 72.0 cm³/mol. The molecule has 0 aliphatic rings. The molecule has 0 aliphatic carbocycles. The van der Waals surface area contributed by atoms with Crippen LogP contribution < -0.4 is 4.74 Å². The molecule has 0 fully saturated rings. The Labute approximate surface area is 106 Å². The molecule has 4 heteroatoms. The summed E-state index contributed by atoms with van der Waals surface area (Å²) in [6, 6.07) is 9.75. The van der Waals surface area contributed by atoms with Crippen molar-refractivity contribution in [3.8, 4) is 11.8 Å². The summed E-state index contributed by atoms with van der Waals surface area (Å²) in [5.41, 5.74) is 0.948. The Kier molecular flexibility index (Phi) is 4.34. The first kappa shape index (κ1) is 13.0. The van der Waals surface area contributed by atoms with Gasteiger partial charge < -0.3 is 4.74 Å². The van der Waals surface area contributed by atoms with Gasteiger partial charge in [0.05, 0.1) is 17.4 Å². The van der Waals surface area contributed by atoms with Crippen molar-refractivity contribution in [2.75, 3.05) is 7.11 Å². The average Bonchev–Trinajstić information content (AvgIpc) is 2.28. The van der Waals surface area contributed by atoms with Crippen LogP contribution >= 0.6 is 24.0 Å². The van der Waals surface area contributed by atoms with Gasteiger partial charge in [-0.05, 0) is 43.7 Å². The monoisotopic (exact) mass is 251 g/mol. The van der Waals surface area contributed by atoms with Crippen LogP contribution in [0.3, 0.4) is 0 Å². The zero-order valence-electron chi connectivity index (χ0n) is 9.48. The molecule has 1 rings (SSSR count). The van der Waals surface area contributed by atoms with E-state index in [0.717, 1.165) is 15.5 Å². The molecule has 1 aromatic carbocycles. The maximum Gasteiger partial charge on any atom is 0.118 e. The van der Waals surface area contributed by atoms with Crippen LogP contribution in [0.15, 0.2) is 24.3 Å². The summed E-state index contributed by atoms with van der Waals surface area (Å²) in [4.78, 5) is 0. The van der Waals surface area contributed by atoms with E-state index in [1.54, 1.807) is 7.11 Å². The fourth-order valence-electron chi connectivity index (χ4n) is 1.04. The van der Waals surface area contributed by atoms with Crippen LogP contribution in [-0.4, -0.2) is 16.1 Å². The third-order valence-corrected chi connectivity index (χ3v) is 3.45. The third kappa shape index (κ3) is 3.51. The van der Waals surface area contributed by atoms with Crippen molar-refractivity contribution in [1.29, 1.82) is 5.26 Å². The molecule has 0 bridgehead atoms. The summed E-state index contributed by atoms with van der Waals surface area (Å²) in [6.07, 6.45) is 0. The first-order chi connectivity index (χ1) is 7.48. The minimum absolute atomic E-state index is 0.489.